The van der Waals surface area contributed by atoms with E-state index in [0.717, 1.165) is 30.5 Å². The molecule has 0 amide bonds. The van der Waals surface area contributed by atoms with Gasteiger partial charge in [0, 0.05) is 28.4 Å². The van der Waals surface area contributed by atoms with Gasteiger partial charge in [-0.2, -0.15) is 0 Å². The SMILES string of the molecule is O=C(O)c1cccc2c(Br)cccc12.O=C(O)c1cccc2c(Br)cccc12.[Zn]. The Bertz CT molecular complexity index is 1110. The van der Waals surface area contributed by atoms with Crippen molar-refractivity contribution in [2.75, 3.05) is 0 Å². The summed E-state index contributed by atoms with van der Waals surface area (Å²) in [6.07, 6.45) is 0. The van der Waals surface area contributed by atoms with Crippen molar-refractivity contribution >= 4 is 65.3 Å². The Morgan fingerprint density at radius 3 is 1.21 bits per heavy atom. The molecule has 0 saturated carbocycles. The van der Waals surface area contributed by atoms with E-state index in [1.807, 2.05) is 48.5 Å². The van der Waals surface area contributed by atoms with Crippen LogP contribution in [0.4, 0.5) is 0 Å². The van der Waals surface area contributed by atoms with Crippen molar-refractivity contribution in [2.45, 2.75) is 0 Å². The van der Waals surface area contributed by atoms with Gasteiger partial charge in [0.15, 0.2) is 0 Å². The van der Waals surface area contributed by atoms with Gasteiger partial charge in [-0.25, -0.2) is 9.59 Å². The quantitative estimate of drug-likeness (QED) is 0.268. The Kier molecular flexibility index (Phi) is 8.08. The molecule has 0 heterocycles. The topological polar surface area (TPSA) is 74.6 Å². The van der Waals surface area contributed by atoms with E-state index in [0.29, 0.717) is 11.1 Å². The summed E-state index contributed by atoms with van der Waals surface area (Å²) in [5.74, 6) is -1.79. The molecular weight excluding hydrogens is 553 g/mol. The maximum atomic E-state index is 10.9. The van der Waals surface area contributed by atoms with Gasteiger partial charge in [-0.15, -0.1) is 0 Å². The second-order valence-electron chi connectivity index (χ2n) is 5.89. The van der Waals surface area contributed by atoms with Crippen LogP contribution in [0.2, 0.25) is 0 Å². The molecule has 7 heteroatoms. The van der Waals surface area contributed by atoms with Crippen LogP contribution in [0, 0.1) is 0 Å². The normalized spacial score (nSPS) is 10.0. The number of carbonyl (C=O) groups is 2. The van der Waals surface area contributed by atoms with Crippen LogP contribution in [0.1, 0.15) is 20.7 Å². The molecule has 0 bridgehead atoms. The molecule has 0 aliphatic carbocycles. The van der Waals surface area contributed by atoms with Crippen LogP contribution < -0.4 is 0 Å². The van der Waals surface area contributed by atoms with Crippen molar-refractivity contribution in [3.8, 4) is 0 Å². The standard InChI is InChI=1S/2C11H7BrO2.Zn/c2*12-10-6-2-3-7-8(10)4-1-5-9(7)11(13)14;/h2*1-6H,(H,13,14);. The maximum Gasteiger partial charge on any atom is 0.336 e. The first kappa shape index (κ1) is 23.2. The smallest absolute Gasteiger partial charge is 0.336 e. The zero-order valence-electron chi connectivity index (χ0n) is 15.1. The molecule has 0 radical (unpaired) electrons. The molecule has 0 aliphatic rings. The van der Waals surface area contributed by atoms with Crippen LogP contribution in [0.3, 0.4) is 0 Å². The minimum absolute atomic E-state index is 0. The number of carboxylic acid groups (broad SMARTS) is 2. The van der Waals surface area contributed by atoms with Gasteiger partial charge in [0.05, 0.1) is 11.1 Å². The molecule has 4 nitrogen and oxygen atoms in total. The minimum atomic E-state index is -0.895. The van der Waals surface area contributed by atoms with Crippen molar-refractivity contribution in [3.63, 3.8) is 0 Å². The fourth-order valence-corrected chi connectivity index (χ4v) is 3.91. The summed E-state index contributed by atoms with van der Waals surface area (Å²) in [5.41, 5.74) is 0.674. The van der Waals surface area contributed by atoms with Crippen LogP contribution >= 0.6 is 31.9 Å². The average Bonchev–Trinajstić information content (AvgIpc) is 2.68. The van der Waals surface area contributed by atoms with E-state index in [1.54, 1.807) is 24.3 Å². The Morgan fingerprint density at radius 2 is 0.862 bits per heavy atom. The molecule has 0 saturated heterocycles. The molecule has 0 aliphatic heterocycles. The van der Waals surface area contributed by atoms with Crippen LogP contribution in [-0.4, -0.2) is 22.2 Å². The molecule has 0 spiro atoms. The summed E-state index contributed by atoms with van der Waals surface area (Å²) in [6, 6.07) is 21.6. The predicted octanol–water partition coefficient (Wildman–Crippen LogP) is 6.60. The van der Waals surface area contributed by atoms with Crippen molar-refractivity contribution in [2.24, 2.45) is 0 Å². The number of carboxylic acids is 2. The van der Waals surface area contributed by atoms with Gasteiger partial charge in [-0.1, -0.05) is 80.4 Å². The monoisotopic (exact) mass is 564 g/mol. The Hall–Kier alpha value is -2.08. The second kappa shape index (κ2) is 10.1. The Morgan fingerprint density at radius 1 is 0.552 bits per heavy atom. The summed E-state index contributed by atoms with van der Waals surface area (Å²) in [7, 11) is 0. The van der Waals surface area contributed by atoms with Gasteiger partial charge in [0.2, 0.25) is 0 Å². The largest absolute Gasteiger partial charge is 0.478 e. The molecule has 4 aromatic rings. The first-order chi connectivity index (χ1) is 13.4. The zero-order valence-corrected chi connectivity index (χ0v) is 21.2. The molecule has 0 atom stereocenters. The average molecular weight is 568 g/mol. The Labute approximate surface area is 196 Å². The number of hydrogen-bond donors (Lipinski definition) is 2. The molecule has 4 rings (SSSR count). The van der Waals surface area contributed by atoms with E-state index in [-0.39, 0.29) is 19.5 Å². The maximum absolute atomic E-state index is 10.9. The van der Waals surface area contributed by atoms with E-state index in [4.69, 9.17) is 10.2 Å². The summed E-state index contributed by atoms with van der Waals surface area (Å²) in [5, 5.41) is 21.3. The summed E-state index contributed by atoms with van der Waals surface area (Å²) >= 11 is 6.77. The van der Waals surface area contributed by atoms with E-state index in [2.05, 4.69) is 31.9 Å². The molecule has 2 N–H and O–H groups in total. The second-order valence-corrected chi connectivity index (χ2v) is 7.60. The molecule has 4 aromatic carbocycles. The van der Waals surface area contributed by atoms with Gasteiger partial charge >= 0.3 is 11.9 Å². The van der Waals surface area contributed by atoms with Crippen molar-refractivity contribution in [3.05, 3.63) is 92.9 Å². The van der Waals surface area contributed by atoms with Crippen molar-refractivity contribution < 1.29 is 39.3 Å². The number of fused-ring (bicyclic) bond motifs is 2. The van der Waals surface area contributed by atoms with Crippen molar-refractivity contribution in [1.29, 1.82) is 0 Å². The van der Waals surface area contributed by atoms with Gasteiger partial charge in [-0.3, -0.25) is 0 Å². The van der Waals surface area contributed by atoms with E-state index in [1.165, 1.54) is 0 Å². The number of rotatable bonds is 2. The molecule has 0 aromatic heterocycles. The summed E-state index contributed by atoms with van der Waals surface area (Å²) in [4.78, 5) is 21.8. The van der Waals surface area contributed by atoms with Crippen LogP contribution in [0.15, 0.2) is 81.7 Å². The Balaban J connectivity index is 0.000000200. The van der Waals surface area contributed by atoms with E-state index in [9.17, 15) is 9.59 Å². The number of hydrogen-bond acceptors (Lipinski definition) is 2. The molecule has 142 valence electrons. The van der Waals surface area contributed by atoms with Gasteiger partial charge < -0.3 is 10.2 Å². The molecule has 0 fully saturated rings. The molecule has 0 unspecified atom stereocenters. The predicted molar refractivity (Wildman–Crippen MR) is 117 cm³/mol. The van der Waals surface area contributed by atoms with Crippen LogP contribution in [-0.2, 0) is 19.5 Å². The third-order valence-electron chi connectivity index (χ3n) is 4.20. The molecular formula is C22H14Br2O4Zn. The number of halogens is 2. The number of aromatic carboxylic acids is 2. The van der Waals surface area contributed by atoms with Crippen LogP contribution in [0.5, 0.6) is 0 Å². The summed E-state index contributed by atoms with van der Waals surface area (Å²) < 4.78 is 1.83. The summed E-state index contributed by atoms with van der Waals surface area (Å²) in [6.45, 7) is 0. The first-order valence-electron chi connectivity index (χ1n) is 8.21. The fraction of sp³-hybridized carbons (Fsp3) is 0. The first-order valence-corrected chi connectivity index (χ1v) is 9.80. The third kappa shape index (κ3) is 5.10. The van der Waals surface area contributed by atoms with E-state index >= 15 is 0 Å². The van der Waals surface area contributed by atoms with Gasteiger partial charge in [0.25, 0.3) is 0 Å². The van der Waals surface area contributed by atoms with Gasteiger partial charge in [0.1, 0.15) is 0 Å². The fourth-order valence-electron chi connectivity index (χ4n) is 2.92. The van der Waals surface area contributed by atoms with E-state index < -0.39 is 11.9 Å². The third-order valence-corrected chi connectivity index (χ3v) is 5.58. The number of benzene rings is 4. The zero-order chi connectivity index (χ0) is 20.3. The molecule has 29 heavy (non-hydrogen) atoms. The van der Waals surface area contributed by atoms with Gasteiger partial charge in [-0.05, 0) is 45.8 Å². The minimum Gasteiger partial charge on any atom is -0.478 e. The van der Waals surface area contributed by atoms with Crippen LogP contribution in [0.25, 0.3) is 21.5 Å². The van der Waals surface area contributed by atoms with Crippen molar-refractivity contribution in [1.82, 2.24) is 0 Å².